The number of carbonyl (C=O) groups is 2. The molecule has 2 aliphatic rings. The molecule has 2 saturated heterocycles. The number of hydrogen-bond donors (Lipinski definition) is 0. The van der Waals surface area contributed by atoms with Gasteiger partial charge in [-0.2, -0.15) is 0 Å². The quantitative estimate of drug-likeness (QED) is 0.751. The molecule has 3 heterocycles. The number of piperazine rings is 2. The highest BCUT2D eigenvalue weighted by Gasteiger charge is 2.27. The molecule has 0 spiro atoms. The van der Waals surface area contributed by atoms with Crippen LogP contribution in [0, 0.1) is 6.92 Å². The summed E-state index contributed by atoms with van der Waals surface area (Å²) < 4.78 is 5.45. The number of benzene rings is 1. The Kier molecular flexibility index (Phi) is 6.50. The standard InChI is InChI=1S/C23H30N4O3/c1-19-7-8-21(30-19)23(29)27-15-11-25(12-16-27)18-22(28)26-13-9-24(10-14-26)17-20-5-3-2-4-6-20/h2-8H,9-18H2,1H3. The second kappa shape index (κ2) is 9.45. The molecule has 4 rings (SSSR count). The fourth-order valence-corrected chi connectivity index (χ4v) is 4.10. The Morgan fingerprint density at radius 3 is 2.07 bits per heavy atom. The van der Waals surface area contributed by atoms with Gasteiger partial charge in [0.15, 0.2) is 5.76 Å². The SMILES string of the molecule is Cc1ccc(C(=O)N2CCN(CC(=O)N3CCN(Cc4ccccc4)CC3)CC2)o1. The fraction of sp³-hybridized carbons (Fsp3) is 0.478. The second-order valence-corrected chi connectivity index (χ2v) is 8.12. The average Bonchev–Trinajstić information content (AvgIpc) is 3.21. The van der Waals surface area contributed by atoms with Gasteiger partial charge in [0, 0.05) is 58.9 Å². The van der Waals surface area contributed by atoms with Crippen LogP contribution in [0.1, 0.15) is 21.9 Å². The second-order valence-electron chi connectivity index (χ2n) is 8.12. The summed E-state index contributed by atoms with van der Waals surface area (Å²) in [4.78, 5) is 33.6. The van der Waals surface area contributed by atoms with Crippen molar-refractivity contribution in [1.82, 2.24) is 19.6 Å². The topological polar surface area (TPSA) is 60.2 Å². The van der Waals surface area contributed by atoms with Crippen molar-refractivity contribution < 1.29 is 14.0 Å². The van der Waals surface area contributed by atoms with E-state index in [2.05, 4.69) is 34.1 Å². The molecule has 1 aromatic carbocycles. The molecule has 2 aromatic rings. The zero-order valence-electron chi connectivity index (χ0n) is 17.6. The van der Waals surface area contributed by atoms with Crippen LogP contribution in [0.15, 0.2) is 46.9 Å². The highest BCUT2D eigenvalue weighted by Crippen LogP contribution is 2.13. The highest BCUT2D eigenvalue weighted by molar-refractivity contribution is 5.91. The number of aryl methyl sites for hydroxylation is 1. The van der Waals surface area contributed by atoms with E-state index in [0.29, 0.717) is 38.5 Å². The molecule has 0 N–H and O–H groups in total. The summed E-state index contributed by atoms with van der Waals surface area (Å²) >= 11 is 0. The van der Waals surface area contributed by atoms with Crippen LogP contribution in [0.3, 0.4) is 0 Å². The van der Waals surface area contributed by atoms with E-state index in [-0.39, 0.29) is 11.8 Å². The van der Waals surface area contributed by atoms with E-state index in [0.717, 1.165) is 38.5 Å². The minimum absolute atomic E-state index is 0.0661. The van der Waals surface area contributed by atoms with Gasteiger partial charge >= 0.3 is 0 Å². The lowest BCUT2D eigenvalue weighted by atomic mass is 10.2. The molecule has 160 valence electrons. The van der Waals surface area contributed by atoms with Crippen molar-refractivity contribution in [1.29, 1.82) is 0 Å². The zero-order chi connectivity index (χ0) is 20.9. The van der Waals surface area contributed by atoms with Crippen LogP contribution in [-0.2, 0) is 11.3 Å². The van der Waals surface area contributed by atoms with Gasteiger partial charge in [0.05, 0.1) is 6.54 Å². The minimum Gasteiger partial charge on any atom is -0.456 e. The molecule has 1 aromatic heterocycles. The zero-order valence-corrected chi connectivity index (χ0v) is 17.6. The van der Waals surface area contributed by atoms with Gasteiger partial charge in [0.25, 0.3) is 5.91 Å². The van der Waals surface area contributed by atoms with Crippen molar-refractivity contribution in [2.45, 2.75) is 13.5 Å². The third-order valence-electron chi connectivity index (χ3n) is 5.94. The number of rotatable bonds is 5. The Labute approximate surface area is 177 Å². The van der Waals surface area contributed by atoms with Gasteiger partial charge in [-0.15, -0.1) is 0 Å². The monoisotopic (exact) mass is 410 g/mol. The Hall–Kier alpha value is -2.64. The summed E-state index contributed by atoms with van der Waals surface area (Å²) in [5, 5.41) is 0. The van der Waals surface area contributed by atoms with E-state index < -0.39 is 0 Å². The molecule has 0 unspecified atom stereocenters. The van der Waals surface area contributed by atoms with Gasteiger partial charge in [-0.25, -0.2) is 0 Å². The molecule has 7 nitrogen and oxygen atoms in total. The predicted molar refractivity (Wildman–Crippen MR) is 114 cm³/mol. The Morgan fingerprint density at radius 2 is 1.43 bits per heavy atom. The van der Waals surface area contributed by atoms with Crippen LogP contribution < -0.4 is 0 Å². The molecule has 2 aliphatic heterocycles. The Bertz CT molecular complexity index is 850. The summed E-state index contributed by atoms with van der Waals surface area (Å²) in [6.07, 6.45) is 0. The van der Waals surface area contributed by atoms with Crippen LogP contribution in [0.5, 0.6) is 0 Å². The minimum atomic E-state index is -0.0661. The third-order valence-corrected chi connectivity index (χ3v) is 5.94. The molecule has 0 aliphatic carbocycles. The first-order chi connectivity index (χ1) is 14.6. The highest BCUT2D eigenvalue weighted by atomic mass is 16.3. The van der Waals surface area contributed by atoms with Gasteiger partial charge in [0.1, 0.15) is 5.76 Å². The molecule has 2 amide bonds. The smallest absolute Gasteiger partial charge is 0.289 e. The number of carbonyl (C=O) groups excluding carboxylic acids is 2. The summed E-state index contributed by atoms with van der Waals surface area (Å²) in [7, 11) is 0. The normalized spacial score (nSPS) is 18.6. The first-order valence-corrected chi connectivity index (χ1v) is 10.7. The lowest BCUT2D eigenvalue weighted by Gasteiger charge is -2.37. The predicted octanol–water partition coefficient (Wildman–Crippen LogP) is 1.69. The van der Waals surface area contributed by atoms with E-state index in [4.69, 9.17) is 4.42 Å². The molecule has 2 fully saturated rings. The number of furan rings is 1. The molecular formula is C23H30N4O3. The van der Waals surface area contributed by atoms with Crippen LogP contribution in [0.2, 0.25) is 0 Å². The maximum atomic E-state index is 12.7. The van der Waals surface area contributed by atoms with Crippen molar-refractivity contribution >= 4 is 11.8 Å². The van der Waals surface area contributed by atoms with Crippen LogP contribution >= 0.6 is 0 Å². The van der Waals surface area contributed by atoms with Gasteiger partial charge in [0.2, 0.25) is 5.91 Å². The fourth-order valence-electron chi connectivity index (χ4n) is 4.10. The molecule has 7 heteroatoms. The van der Waals surface area contributed by atoms with E-state index in [9.17, 15) is 9.59 Å². The maximum absolute atomic E-state index is 12.7. The van der Waals surface area contributed by atoms with Crippen LogP contribution in [0.4, 0.5) is 0 Å². The van der Waals surface area contributed by atoms with Crippen molar-refractivity contribution in [2.24, 2.45) is 0 Å². The lowest BCUT2D eigenvalue weighted by molar-refractivity contribution is -0.134. The first-order valence-electron chi connectivity index (χ1n) is 10.7. The summed E-state index contributed by atoms with van der Waals surface area (Å²) in [6, 6.07) is 14.0. The van der Waals surface area contributed by atoms with Crippen molar-refractivity contribution in [3.63, 3.8) is 0 Å². The van der Waals surface area contributed by atoms with E-state index >= 15 is 0 Å². The molecule has 0 radical (unpaired) electrons. The third kappa shape index (κ3) is 5.09. The van der Waals surface area contributed by atoms with Crippen LogP contribution in [-0.4, -0.2) is 90.3 Å². The molecule has 30 heavy (non-hydrogen) atoms. The summed E-state index contributed by atoms with van der Waals surface area (Å²) in [5.41, 5.74) is 1.31. The van der Waals surface area contributed by atoms with Gasteiger partial charge in [-0.3, -0.25) is 19.4 Å². The maximum Gasteiger partial charge on any atom is 0.289 e. The largest absolute Gasteiger partial charge is 0.456 e. The van der Waals surface area contributed by atoms with Gasteiger partial charge < -0.3 is 14.2 Å². The Balaban J connectivity index is 1.19. The van der Waals surface area contributed by atoms with Crippen molar-refractivity contribution in [3.05, 3.63) is 59.5 Å². The number of nitrogens with zero attached hydrogens (tertiary/aromatic N) is 4. The lowest BCUT2D eigenvalue weighted by Crippen LogP contribution is -2.54. The van der Waals surface area contributed by atoms with Crippen molar-refractivity contribution in [2.75, 3.05) is 58.9 Å². The summed E-state index contributed by atoms with van der Waals surface area (Å²) in [6.45, 7) is 9.25. The van der Waals surface area contributed by atoms with Gasteiger partial charge in [-0.05, 0) is 24.6 Å². The average molecular weight is 411 g/mol. The molecule has 0 bridgehead atoms. The van der Waals surface area contributed by atoms with Gasteiger partial charge in [-0.1, -0.05) is 30.3 Å². The molecule has 0 atom stereocenters. The Morgan fingerprint density at radius 1 is 0.800 bits per heavy atom. The number of amides is 2. The summed E-state index contributed by atoms with van der Waals surface area (Å²) in [5.74, 6) is 1.26. The van der Waals surface area contributed by atoms with E-state index in [1.165, 1.54) is 5.56 Å². The van der Waals surface area contributed by atoms with Crippen LogP contribution in [0.25, 0.3) is 0 Å². The first kappa shape index (κ1) is 20.6. The van der Waals surface area contributed by atoms with Crippen molar-refractivity contribution in [3.8, 4) is 0 Å². The van der Waals surface area contributed by atoms with E-state index in [1.54, 1.807) is 6.07 Å². The molecule has 0 saturated carbocycles. The number of hydrogen-bond acceptors (Lipinski definition) is 5. The van der Waals surface area contributed by atoms with E-state index in [1.807, 2.05) is 28.9 Å². The molecular weight excluding hydrogens is 380 g/mol.